The van der Waals surface area contributed by atoms with E-state index in [0.717, 1.165) is 34.1 Å². The third-order valence-corrected chi connectivity index (χ3v) is 4.79. The Balaban J connectivity index is 1.74. The lowest BCUT2D eigenvalue weighted by molar-refractivity contribution is 0.146. The summed E-state index contributed by atoms with van der Waals surface area (Å²) in [6.07, 6.45) is 10.1. The standard InChI is InChI=1S/C19H21BrN6O/c1-2-8-16(20)12-13-21-18-22-24-26(23-18)19(27)25-14-7-6-11-17(25)15-9-4-3-5-10-15/h2-5,8-10,12-13,17H,6-7,11,14H2,1H3/b8-2-,16-12+,21-13+. The van der Waals surface area contributed by atoms with Gasteiger partial charge in [-0.15, -0.1) is 5.10 Å². The average Bonchev–Trinajstić information content (AvgIpc) is 3.17. The maximum absolute atomic E-state index is 12.9. The molecule has 0 spiro atoms. The van der Waals surface area contributed by atoms with E-state index in [-0.39, 0.29) is 18.0 Å². The number of rotatable bonds is 4. The molecule has 1 aromatic heterocycles. The number of likely N-dealkylation sites (tertiary alicyclic amines) is 1. The highest BCUT2D eigenvalue weighted by atomic mass is 79.9. The van der Waals surface area contributed by atoms with Crippen LogP contribution in [0, 0.1) is 0 Å². The molecule has 2 aromatic rings. The van der Waals surface area contributed by atoms with Crippen LogP contribution in [-0.2, 0) is 0 Å². The summed E-state index contributed by atoms with van der Waals surface area (Å²) in [5, 5.41) is 11.8. The van der Waals surface area contributed by atoms with E-state index in [4.69, 9.17) is 0 Å². The number of halogens is 1. The first-order chi connectivity index (χ1) is 13.2. The molecule has 1 atom stereocenters. The van der Waals surface area contributed by atoms with Crippen molar-refractivity contribution in [1.82, 2.24) is 25.1 Å². The summed E-state index contributed by atoms with van der Waals surface area (Å²) in [7, 11) is 0. The molecule has 7 nitrogen and oxygen atoms in total. The molecule has 0 radical (unpaired) electrons. The molecule has 0 N–H and O–H groups in total. The van der Waals surface area contributed by atoms with Gasteiger partial charge in [0, 0.05) is 17.2 Å². The van der Waals surface area contributed by atoms with Crippen molar-refractivity contribution in [3.8, 4) is 0 Å². The fourth-order valence-corrected chi connectivity index (χ4v) is 3.41. The van der Waals surface area contributed by atoms with Crippen LogP contribution < -0.4 is 0 Å². The molecule has 8 heteroatoms. The monoisotopic (exact) mass is 428 g/mol. The summed E-state index contributed by atoms with van der Waals surface area (Å²) in [6, 6.07) is 9.82. The molecule has 0 bridgehead atoms. The highest BCUT2D eigenvalue weighted by Crippen LogP contribution is 2.31. The number of nitrogens with zero attached hydrogens (tertiary/aromatic N) is 6. The zero-order valence-electron chi connectivity index (χ0n) is 15.1. The molecular formula is C19H21BrN6O. The van der Waals surface area contributed by atoms with E-state index in [1.807, 2.05) is 42.2 Å². The van der Waals surface area contributed by atoms with Crippen LogP contribution in [0.4, 0.5) is 10.7 Å². The number of hydrogen-bond acceptors (Lipinski definition) is 5. The highest BCUT2D eigenvalue weighted by molar-refractivity contribution is 9.11. The summed E-state index contributed by atoms with van der Waals surface area (Å²) in [5.41, 5.74) is 1.13. The lowest BCUT2D eigenvalue weighted by atomic mass is 9.96. The zero-order valence-corrected chi connectivity index (χ0v) is 16.7. The molecule has 3 rings (SSSR count). The number of benzene rings is 1. The second-order valence-electron chi connectivity index (χ2n) is 6.11. The van der Waals surface area contributed by atoms with E-state index in [1.165, 1.54) is 0 Å². The fraction of sp³-hybridized carbons (Fsp3) is 0.316. The van der Waals surface area contributed by atoms with Crippen molar-refractivity contribution in [2.24, 2.45) is 4.99 Å². The van der Waals surface area contributed by atoms with E-state index in [0.29, 0.717) is 6.54 Å². The first-order valence-electron chi connectivity index (χ1n) is 8.87. The van der Waals surface area contributed by atoms with E-state index in [9.17, 15) is 4.79 Å². The van der Waals surface area contributed by atoms with Crippen molar-refractivity contribution in [3.63, 3.8) is 0 Å². The predicted molar refractivity (Wildman–Crippen MR) is 108 cm³/mol. The maximum atomic E-state index is 12.9. The number of aliphatic imine (C=N–C) groups is 1. The van der Waals surface area contributed by atoms with Gasteiger partial charge < -0.3 is 4.90 Å². The van der Waals surface area contributed by atoms with Gasteiger partial charge >= 0.3 is 6.03 Å². The maximum Gasteiger partial charge on any atom is 0.364 e. The van der Waals surface area contributed by atoms with Crippen molar-refractivity contribution in [2.75, 3.05) is 6.54 Å². The van der Waals surface area contributed by atoms with Crippen molar-refractivity contribution in [3.05, 3.63) is 58.6 Å². The predicted octanol–water partition coefficient (Wildman–Crippen LogP) is 4.43. The van der Waals surface area contributed by atoms with Gasteiger partial charge in [0.05, 0.1) is 6.04 Å². The summed E-state index contributed by atoms with van der Waals surface area (Å²) >= 11 is 3.38. The van der Waals surface area contributed by atoms with Crippen molar-refractivity contribution < 1.29 is 4.79 Å². The van der Waals surface area contributed by atoms with E-state index < -0.39 is 0 Å². The minimum Gasteiger partial charge on any atom is -0.315 e. The summed E-state index contributed by atoms with van der Waals surface area (Å²) in [6.45, 7) is 2.60. The van der Waals surface area contributed by atoms with Crippen LogP contribution in [0.2, 0.25) is 0 Å². The molecule has 1 saturated heterocycles. The largest absolute Gasteiger partial charge is 0.364 e. The number of allylic oxidation sites excluding steroid dienone is 4. The van der Waals surface area contributed by atoms with Gasteiger partial charge in [0.15, 0.2) is 0 Å². The van der Waals surface area contributed by atoms with Crippen molar-refractivity contribution in [2.45, 2.75) is 32.2 Å². The summed E-state index contributed by atoms with van der Waals surface area (Å²) < 4.78 is 0.872. The van der Waals surface area contributed by atoms with Gasteiger partial charge in [-0.3, -0.25) is 0 Å². The topological polar surface area (TPSA) is 76.3 Å². The Morgan fingerprint density at radius 3 is 2.89 bits per heavy atom. The molecule has 140 valence electrons. The van der Waals surface area contributed by atoms with Crippen molar-refractivity contribution in [1.29, 1.82) is 0 Å². The lowest BCUT2D eigenvalue weighted by Crippen LogP contribution is -2.41. The van der Waals surface area contributed by atoms with Crippen LogP contribution in [0.1, 0.15) is 37.8 Å². The Hall–Kier alpha value is -2.61. The van der Waals surface area contributed by atoms with E-state index in [2.05, 4.69) is 48.5 Å². The first kappa shape index (κ1) is 19.2. The van der Waals surface area contributed by atoms with Crippen LogP contribution >= 0.6 is 15.9 Å². The number of hydrogen-bond donors (Lipinski definition) is 0. The number of carbonyl (C=O) groups is 1. The van der Waals surface area contributed by atoms with Gasteiger partial charge in [0.2, 0.25) is 0 Å². The van der Waals surface area contributed by atoms with Crippen LogP contribution in [0.3, 0.4) is 0 Å². The molecule has 1 aliphatic heterocycles. The molecule has 1 aromatic carbocycles. The Bertz CT molecular complexity index is 858. The minimum absolute atomic E-state index is 0.0325. The van der Waals surface area contributed by atoms with Gasteiger partial charge in [0.1, 0.15) is 0 Å². The molecule has 1 aliphatic rings. The van der Waals surface area contributed by atoms with Crippen LogP contribution in [-0.4, -0.2) is 43.9 Å². The first-order valence-corrected chi connectivity index (χ1v) is 9.67. The lowest BCUT2D eigenvalue weighted by Gasteiger charge is -2.35. The summed E-state index contributed by atoms with van der Waals surface area (Å²) in [5.74, 6) is 0.147. The Labute approximate surface area is 166 Å². The van der Waals surface area contributed by atoms with Gasteiger partial charge in [-0.05, 0) is 43.0 Å². The molecule has 0 saturated carbocycles. The van der Waals surface area contributed by atoms with Gasteiger partial charge in [-0.1, -0.05) is 68.3 Å². The molecule has 1 fully saturated rings. The number of aromatic nitrogens is 4. The number of tetrazole rings is 1. The molecule has 0 aliphatic carbocycles. The molecule has 1 amide bonds. The fourth-order valence-electron chi connectivity index (χ4n) is 3.03. The van der Waals surface area contributed by atoms with Crippen LogP contribution in [0.25, 0.3) is 0 Å². The molecule has 27 heavy (non-hydrogen) atoms. The van der Waals surface area contributed by atoms with Gasteiger partial charge in [0.25, 0.3) is 5.95 Å². The number of carbonyl (C=O) groups excluding carboxylic acids is 1. The molecule has 1 unspecified atom stereocenters. The Kier molecular flexibility index (Phi) is 6.64. The average molecular weight is 429 g/mol. The SMILES string of the molecule is C\C=C/C(Br)=C\C=N\c1nnn(C(=O)N2CCCCC2c2ccccc2)n1. The van der Waals surface area contributed by atoms with Crippen LogP contribution in [0.5, 0.6) is 0 Å². The van der Waals surface area contributed by atoms with E-state index >= 15 is 0 Å². The van der Waals surface area contributed by atoms with E-state index in [1.54, 1.807) is 12.3 Å². The zero-order chi connectivity index (χ0) is 19.1. The van der Waals surface area contributed by atoms with Crippen LogP contribution in [0.15, 0.2) is 58.0 Å². The normalized spacial score (nSPS) is 18.5. The third kappa shape index (κ3) is 4.97. The number of amides is 1. The van der Waals surface area contributed by atoms with Gasteiger partial charge in [-0.25, -0.2) is 9.79 Å². The quantitative estimate of drug-likeness (QED) is 0.533. The minimum atomic E-state index is -0.275. The molecule has 2 heterocycles. The molecular weight excluding hydrogens is 408 g/mol. The Morgan fingerprint density at radius 2 is 2.11 bits per heavy atom. The second-order valence-corrected chi connectivity index (χ2v) is 7.02. The third-order valence-electron chi connectivity index (χ3n) is 4.26. The van der Waals surface area contributed by atoms with Gasteiger partial charge in [-0.2, -0.15) is 0 Å². The number of piperidine rings is 1. The highest BCUT2D eigenvalue weighted by Gasteiger charge is 2.30. The second kappa shape index (κ2) is 9.36. The van der Waals surface area contributed by atoms with Crippen molar-refractivity contribution >= 4 is 34.1 Å². The Morgan fingerprint density at radius 1 is 1.30 bits per heavy atom. The summed E-state index contributed by atoms with van der Waals surface area (Å²) in [4.78, 5) is 19.9. The smallest absolute Gasteiger partial charge is 0.315 e.